The van der Waals surface area contributed by atoms with Gasteiger partial charge in [0, 0.05) is 25.8 Å². The van der Waals surface area contributed by atoms with Crippen molar-refractivity contribution >= 4 is 5.82 Å². The highest BCUT2D eigenvalue weighted by Gasteiger charge is 2.22. The van der Waals surface area contributed by atoms with Crippen LogP contribution in [0.25, 0.3) is 0 Å². The van der Waals surface area contributed by atoms with Gasteiger partial charge in [-0.15, -0.1) is 0 Å². The number of nitrogens with zero attached hydrogens (tertiary/aromatic N) is 3. The van der Waals surface area contributed by atoms with E-state index >= 15 is 0 Å². The van der Waals surface area contributed by atoms with Gasteiger partial charge in [0.1, 0.15) is 5.82 Å². The lowest BCUT2D eigenvalue weighted by Gasteiger charge is -2.16. The third kappa shape index (κ3) is 3.84. The fourth-order valence-corrected chi connectivity index (χ4v) is 2.88. The lowest BCUT2D eigenvalue weighted by atomic mass is 10.1. The van der Waals surface area contributed by atoms with Crippen LogP contribution in [0.2, 0.25) is 0 Å². The van der Waals surface area contributed by atoms with E-state index < -0.39 is 0 Å². The van der Waals surface area contributed by atoms with E-state index in [0.717, 1.165) is 37.6 Å². The number of nitrogens with one attached hydrogen (secondary N) is 1. The number of rotatable bonds is 5. The second kappa shape index (κ2) is 7.06. The number of pyridine rings is 1. The molecule has 0 amide bonds. The van der Waals surface area contributed by atoms with Crippen molar-refractivity contribution in [3.63, 3.8) is 0 Å². The lowest BCUT2D eigenvalue weighted by Crippen LogP contribution is -2.22. The monoisotopic (exact) mass is 292 g/mol. The molecule has 112 valence electrons. The third-order valence-corrected chi connectivity index (χ3v) is 4.10. The van der Waals surface area contributed by atoms with Crippen LogP contribution in [0.4, 0.5) is 5.82 Å². The van der Waals surface area contributed by atoms with Gasteiger partial charge in [-0.1, -0.05) is 18.2 Å². The van der Waals surface area contributed by atoms with Gasteiger partial charge in [0.15, 0.2) is 0 Å². The Bertz CT molecular complexity index is 630. The van der Waals surface area contributed by atoms with Gasteiger partial charge in [0.25, 0.3) is 0 Å². The minimum Gasteiger partial charge on any atom is -0.370 e. The molecule has 4 nitrogen and oxygen atoms in total. The predicted molar refractivity (Wildman–Crippen MR) is 87.3 cm³/mol. The summed E-state index contributed by atoms with van der Waals surface area (Å²) in [6.45, 7) is 4.18. The van der Waals surface area contributed by atoms with E-state index in [9.17, 15) is 0 Å². The van der Waals surface area contributed by atoms with Crippen LogP contribution in [0.1, 0.15) is 17.5 Å². The molecule has 2 heterocycles. The molecule has 1 aromatic heterocycles. The first-order valence-corrected chi connectivity index (χ1v) is 7.70. The molecule has 1 aliphatic heterocycles. The molecule has 4 heteroatoms. The first kappa shape index (κ1) is 14.6. The van der Waals surface area contributed by atoms with Crippen molar-refractivity contribution < 1.29 is 0 Å². The molecule has 1 atom stereocenters. The smallest absolute Gasteiger partial charge is 0.125 e. The van der Waals surface area contributed by atoms with Crippen molar-refractivity contribution in [1.82, 2.24) is 9.88 Å². The summed E-state index contributed by atoms with van der Waals surface area (Å²) in [4.78, 5) is 6.77. The highest BCUT2D eigenvalue weighted by Crippen LogP contribution is 2.19. The van der Waals surface area contributed by atoms with E-state index in [4.69, 9.17) is 5.26 Å². The summed E-state index contributed by atoms with van der Waals surface area (Å²) >= 11 is 0. The number of aromatic nitrogens is 1. The average Bonchev–Trinajstić information content (AvgIpc) is 3.02. The summed E-state index contributed by atoms with van der Waals surface area (Å²) in [7, 11) is 0. The number of benzene rings is 1. The Kier molecular flexibility index (Phi) is 4.67. The van der Waals surface area contributed by atoms with Gasteiger partial charge in [0.2, 0.25) is 0 Å². The molecule has 0 bridgehead atoms. The maximum Gasteiger partial charge on any atom is 0.125 e. The summed E-state index contributed by atoms with van der Waals surface area (Å²) < 4.78 is 0. The molecule has 22 heavy (non-hydrogen) atoms. The largest absolute Gasteiger partial charge is 0.370 e. The van der Waals surface area contributed by atoms with E-state index in [1.165, 1.54) is 12.0 Å². The van der Waals surface area contributed by atoms with Crippen LogP contribution in [-0.4, -0.2) is 29.5 Å². The second-order valence-corrected chi connectivity index (χ2v) is 5.79. The fraction of sp³-hybridized carbons (Fsp3) is 0.333. The van der Waals surface area contributed by atoms with Crippen LogP contribution in [0, 0.1) is 17.2 Å². The van der Waals surface area contributed by atoms with Crippen molar-refractivity contribution in [1.29, 1.82) is 5.26 Å². The SMILES string of the molecule is N#Cc1ccc(CN2CC[C@@H](CNc3ccccn3)C2)cc1. The van der Waals surface area contributed by atoms with Crippen LogP contribution in [0.5, 0.6) is 0 Å². The zero-order chi connectivity index (χ0) is 15.2. The third-order valence-electron chi connectivity index (χ3n) is 4.10. The number of hydrogen-bond acceptors (Lipinski definition) is 4. The molecule has 2 aromatic rings. The van der Waals surface area contributed by atoms with E-state index in [1.807, 2.05) is 36.5 Å². The van der Waals surface area contributed by atoms with Gasteiger partial charge >= 0.3 is 0 Å². The molecule has 0 radical (unpaired) electrons. The molecule has 1 N–H and O–H groups in total. The first-order valence-electron chi connectivity index (χ1n) is 7.70. The van der Waals surface area contributed by atoms with Crippen LogP contribution in [0.15, 0.2) is 48.7 Å². The number of anilines is 1. The molecule has 1 saturated heterocycles. The molecule has 0 saturated carbocycles. The predicted octanol–water partition coefficient (Wildman–Crippen LogP) is 2.89. The van der Waals surface area contributed by atoms with Crippen molar-refractivity contribution in [2.75, 3.05) is 25.0 Å². The lowest BCUT2D eigenvalue weighted by molar-refractivity contribution is 0.319. The molecule has 0 spiro atoms. The van der Waals surface area contributed by atoms with E-state index in [0.29, 0.717) is 5.92 Å². The molecular weight excluding hydrogens is 272 g/mol. The zero-order valence-corrected chi connectivity index (χ0v) is 12.6. The van der Waals surface area contributed by atoms with Gasteiger partial charge in [-0.25, -0.2) is 4.98 Å². The molecule has 1 aromatic carbocycles. The Hall–Kier alpha value is -2.38. The topological polar surface area (TPSA) is 52.0 Å². The number of hydrogen-bond donors (Lipinski definition) is 1. The number of nitriles is 1. The fourth-order valence-electron chi connectivity index (χ4n) is 2.88. The summed E-state index contributed by atoms with van der Waals surface area (Å²) in [5.74, 6) is 1.62. The average molecular weight is 292 g/mol. The summed E-state index contributed by atoms with van der Waals surface area (Å²) in [6.07, 6.45) is 3.03. The van der Waals surface area contributed by atoms with Gasteiger partial charge in [-0.05, 0) is 48.7 Å². The normalized spacial score (nSPS) is 18.0. The highest BCUT2D eigenvalue weighted by molar-refractivity contribution is 5.33. The van der Waals surface area contributed by atoms with Gasteiger partial charge in [-0.2, -0.15) is 5.26 Å². The minimum atomic E-state index is 0.667. The number of likely N-dealkylation sites (tertiary alicyclic amines) is 1. The van der Waals surface area contributed by atoms with Crippen molar-refractivity contribution in [3.05, 3.63) is 59.8 Å². The Morgan fingerprint density at radius 2 is 2.09 bits per heavy atom. The molecule has 0 unspecified atom stereocenters. The first-order chi connectivity index (χ1) is 10.8. The van der Waals surface area contributed by atoms with E-state index in [-0.39, 0.29) is 0 Å². The van der Waals surface area contributed by atoms with Crippen LogP contribution in [-0.2, 0) is 6.54 Å². The Balaban J connectivity index is 1.46. The Morgan fingerprint density at radius 3 is 2.82 bits per heavy atom. The van der Waals surface area contributed by atoms with Gasteiger partial charge in [0.05, 0.1) is 11.6 Å². The molecule has 3 rings (SSSR count). The Morgan fingerprint density at radius 1 is 1.23 bits per heavy atom. The van der Waals surface area contributed by atoms with E-state index in [1.54, 1.807) is 0 Å². The van der Waals surface area contributed by atoms with Gasteiger partial charge in [-0.3, -0.25) is 4.90 Å². The maximum atomic E-state index is 8.83. The molecular formula is C18H20N4. The highest BCUT2D eigenvalue weighted by atomic mass is 15.1. The van der Waals surface area contributed by atoms with Crippen molar-refractivity contribution in [2.24, 2.45) is 5.92 Å². The van der Waals surface area contributed by atoms with E-state index in [2.05, 4.69) is 33.4 Å². The van der Waals surface area contributed by atoms with Crippen LogP contribution >= 0.6 is 0 Å². The summed E-state index contributed by atoms with van der Waals surface area (Å²) in [5.41, 5.74) is 2.00. The molecule has 1 aliphatic rings. The minimum absolute atomic E-state index is 0.667. The van der Waals surface area contributed by atoms with Gasteiger partial charge < -0.3 is 5.32 Å². The standard InChI is InChI=1S/C18H20N4/c19-11-15-4-6-16(7-5-15)13-22-10-8-17(14-22)12-21-18-3-1-2-9-20-18/h1-7,9,17H,8,10,12-14H2,(H,20,21)/t17-/m0/s1. The van der Waals surface area contributed by atoms with Crippen LogP contribution < -0.4 is 5.32 Å². The van der Waals surface area contributed by atoms with Crippen molar-refractivity contribution in [3.8, 4) is 6.07 Å². The zero-order valence-electron chi connectivity index (χ0n) is 12.6. The molecule has 0 aliphatic carbocycles. The molecule has 1 fully saturated rings. The Labute approximate surface area is 131 Å². The van der Waals surface area contributed by atoms with Crippen molar-refractivity contribution in [2.45, 2.75) is 13.0 Å². The maximum absolute atomic E-state index is 8.83. The van der Waals surface area contributed by atoms with Crippen LogP contribution in [0.3, 0.4) is 0 Å². The quantitative estimate of drug-likeness (QED) is 0.920. The summed E-state index contributed by atoms with van der Waals surface area (Å²) in [6, 6.07) is 16.0. The summed E-state index contributed by atoms with van der Waals surface area (Å²) in [5, 5.41) is 12.2. The second-order valence-electron chi connectivity index (χ2n) is 5.79.